The highest BCUT2D eigenvalue weighted by molar-refractivity contribution is 5.92. The van der Waals surface area contributed by atoms with Crippen molar-refractivity contribution < 1.29 is 18.3 Å². The maximum Gasteiger partial charge on any atom is 0.360 e. The second kappa shape index (κ2) is 4.55. The number of aromatic nitrogens is 2. The molecule has 0 amide bonds. The number of carbonyl (C=O) groups excluding carboxylic acids is 1. The zero-order valence-electron chi connectivity index (χ0n) is 10.0. The number of carbonyl (C=O) groups is 1. The van der Waals surface area contributed by atoms with Crippen LogP contribution in [0.25, 0.3) is 0 Å². The summed E-state index contributed by atoms with van der Waals surface area (Å²) in [6.45, 7) is 0.344. The van der Waals surface area contributed by atoms with Crippen molar-refractivity contribution in [2.75, 3.05) is 12.8 Å². The van der Waals surface area contributed by atoms with Crippen molar-refractivity contribution >= 4 is 11.7 Å². The number of hydrogen-bond donors (Lipinski definition) is 1. The van der Waals surface area contributed by atoms with Gasteiger partial charge in [-0.15, -0.1) is 0 Å². The van der Waals surface area contributed by atoms with Gasteiger partial charge in [0, 0.05) is 25.6 Å². The number of nitrogens with zero attached hydrogens (tertiary/aromatic N) is 2. The van der Waals surface area contributed by atoms with Gasteiger partial charge >= 0.3 is 5.97 Å². The van der Waals surface area contributed by atoms with Crippen LogP contribution in [0.1, 0.15) is 29.8 Å². The first-order valence-electron chi connectivity index (χ1n) is 5.70. The molecule has 2 rings (SSSR count). The number of halogens is 2. The van der Waals surface area contributed by atoms with Crippen molar-refractivity contribution in [2.24, 2.45) is 5.92 Å². The summed E-state index contributed by atoms with van der Waals surface area (Å²) < 4.78 is 32.0. The van der Waals surface area contributed by atoms with Crippen molar-refractivity contribution in [3.63, 3.8) is 0 Å². The molecule has 1 atom stereocenters. The van der Waals surface area contributed by atoms with E-state index >= 15 is 0 Å². The average molecular weight is 259 g/mol. The molecule has 1 aliphatic rings. The van der Waals surface area contributed by atoms with Crippen molar-refractivity contribution in [2.45, 2.75) is 31.7 Å². The predicted molar refractivity (Wildman–Crippen MR) is 60.3 cm³/mol. The number of nitrogens with two attached hydrogens (primary N) is 1. The Labute approximate surface area is 103 Å². The Kier molecular flexibility index (Phi) is 3.23. The smallest absolute Gasteiger partial charge is 0.360 e. The van der Waals surface area contributed by atoms with Gasteiger partial charge in [-0.25, -0.2) is 13.6 Å². The number of alkyl halides is 2. The van der Waals surface area contributed by atoms with Crippen molar-refractivity contribution in [1.82, 2.24) is 9.78 Å². The molecule has 1 aromatic rings. The predicted octanol–water partition coefficient (Wildman–Crippen LogP) is 1.69. The normalized spacial score (nSPS) is 22.1. The Morgan fingerprint density at radius 1 is 1.72 bits per heavy atom. The second-order valence-corrected chi connectivity index (χ2v) is 4.61. The molecule has 2 N–H and O–H groups in total. The molecular formula is C11H15F2N3O2. The summed E-state index contributed by atoms with van der Waals surface area (Å²) in [6.07, 6.45) is 1.71. The van der Waals surface area contributed by atoms with Gasteiger partial charge in [-0.1, -0.05) is 0 Å². The van der Waals surface area contributed by atoms with Gasteiger partial charge < -0.3 is 10.5 Å². The summed E-state index contributed by atoms with van der Waals surface area (Å²) in [5, 5.41) is 3.96. The highest BCUT2D eigenvalue weighted by Gasteiger charge is 2.39. The first kappa shape index (κ1) is 12.8. The molecule has 1 aliphatic carbocycles. The Balaban J connectivity index is 2.05. The van der Waals surface area contributed by atoms with E-state index in [0.29, 0.717) is 13.0 Å². The molecule has 5 nitrogen and oxygen atoms in total. The van der Waals surface area contributed by atoms with E-state index in [1.807, 2.05) is 0 Å². The summed E-state index contributed by atoms with van der Waals surface area (Å²) in [5.41, 5.74) is 5.84. The molecule has 18 heavy (non-hydrogen) atoms. The fourth-order valence-corrected chi connectivity index (χ4v) is 2.25. The molecule has 0 radical (unpaired) electrons. The van der Waals surface area contributed by atoms with Crippen LogP contribution in [0.3, 0.4) is 0 Å². The van der Waals surface area contributed by atoms with Crippen LogP contribution in [0, 0.1) is 5.92 Å². The van der Waals surface area contributed by atoms with E-state index in [-0.39, 0.29) is 30.1 Å². The van der Waals surface area contributed by atoms with Gasteiger partial charge in [0.1, 0.15) is 0 Å². The maximum atomic E-state index is 13.0. The molecule has 1 fully saturated rings. The molecular weight excluding hydrogens is 244 g/mol. The first-order chi connectivity index (χ1) is 8.41. The zero-order valence-corrected chi connectivity index (χ0v) is 10.0. The van der Waals surface area contributed by atoms with E-state index in [9.17, 15) is 13.6 Å². The fraction of sp³-hybridized carbons (Fsp3) is 0.636. The van der Waals surface area contributed by atoms with Gasteiger partial charge in [0.15, 0.2) is 5.69 Å². The van der Waals surface area contributed by atoms with E-state index in [0.717, 1.165) is 0 Å². The fourth-order valence-electron chi connectivity index (χ4n) is 2.25. The van der Waals surface area contributed by atoms with E-state index in [1.165, 1.54) is 18.0 Å². The second-order valence-electron chi connectivity index (χ2n) is 4.61. The Hall–Kier alpha value is -1.66. The number of hydrogen-bond acceptors (Lipinski definition) is 4. The number of esters is 1. The SMILES string of the molecule is COC(=O)c1nn(CC2CCC(F)(F)C2)cc1N. The van der Waals surface area contributed by atoms with E-state index < -0.39 is 11.9 Å². The zero-order chi connectivity index (χ0) is 13.3. The standard InChI is InChI=1S/C11H15F2N3O2/c1-18-10(17)9-8(14)6-16(15-9)5-7-2-3-11(12,13)4-7/h6-7H,2-5,14H2,1H3. The van der Waals surface area contributed by atoms with Gasteiger partial charge in [0.25, 0.3) is 0 Å². The highest BCUT2D eigenvalue weighted by Crippen LogP contribution is 2.39. The van der Waals surface area contributed by atoms with Crippen LogP contribution < -0.4 is 5.73 Å². The van der Waals surface area contributed by atoms with Crippen LogP contribution in [-0.4, -0.2) is 28.8 Å². The molecule has 1 unspecified atom stereocenters. The third kappa shape index (κ3) is 2.60. The first-order valence-corrected chi connectivity index (χ1v) is 5.70. The van der Waals surface area contributed by atoms with Crippen molar-refractivity contribution in [3.05, 3.63) is 11.9 Å². The number of methoxy groups -OCH3 is 1. The molecule has 100 valence electrons. The van der Waals surface area contributed by atoms with Crippen LogP contribution >= 0.6 is 0 Å². The third-order valence-electron chi connectivity index (χ3n) is 3.12. The van der Waals surface area contributed by atoms with E-state index in [2.05, 4.69) is 9.84 Å². The van der Waals surface area contributed by atoms with Gasteiger partial charge in [-0.3, -0.25) is 4.68 Å². The summed E-state index contributed by atoms with van der Waals surface area (Å²) in [6, 6.07) is 0. The largest absolute Gasteiger partial charge is 0.464 e. The van der Waals surface area contributed by atoms with Crippen LogP contribution in [0.5, 0.6) is 0 Å². The van der Waals surface area contributed by atoms with Crippen molar-refractivity contribution in [1.29, 1.82) is 0 Å². The van der Waals surface area contributed by atoms with Gasteiger partial charge in [-0.05, 0) is 12.3 Å². The lowest BCUT2D eigenvalue weighted by Crippen LogP contribution is -2.14. The minimum Gasteiger partial charge on any atom is -0.464 e. The average Bonchev–Trinajstić information content (AvgIpc) is 2.81. The Bertz CT molecular complexity index is 459. The topological polar surface area (TPSA) is 70.1 Å². The molecule has 1 heterocycles. The minimum atomic E-state index is -2.57. The third-order valence-corrected chi connectivity index (χ3v) is 3.12. The van der Waals surface area contributed by atoms with Gasteiger partial charge in [-0.2, -0.15) is 5.10 Å². The summed E-state index contributed by atoms with van der Waals surface area (Å²) >= 11 is 0. The van der Waals surface area contributed by atoms with Crippen LogP contribution in [0.2, 0.25) is 0 Å². The quantitative estimate of drug-likeness (QED) is 0.838. The molecule has 0 aromatic carbocycles. The minimum absolute atomic E-state index is 0.0299. The summed E-state index contributed by atoms with van der Waals surface area (Å²) in [4.78, 5) is 11.3. The molecule has 0 spiro atoms. The molecule has 0 aliphatic heterocycles. The molecule has 1 aromatic heterocycles. The molecule has 0 bridgehead atoms. The lowest BCUT2D eigenvalue weighted by atomic mass is 10.1. The monoisotopic (exact) mass is 259 g/mol. The Morgan fingerprint density at radius 3 is 3.00 bits per heavy atom. The maximum absolute atomic E-state index is 13.0. The van der Waals surface area contributed by atoms with Crippen LogP contribution in [0.15, 0.2) is 6.20 Å². The summed E-state index contributed by atoms with van der Waals surface area (Å²) in [5.74, 6) is -3.33. The summed E-state index contributed by atoms with van der Waals surface area (Å²) in [7, 11) is 1.23. The number of ether oxygens (including phenoxy) is 1. The van der Waals surface area contributed by atoms with Gasteiger partial charge in [0.05, 0.1) is 12.8 Å². The van der Waals surface area contributed by atoms with Crippen LogP contribution in [-0.2, 0) is 11.3 Å². The molecule has 7 heteroatoms. The van der Waals surface area contributed by atoms with E-state index in [1.54, 1.807) is 0 Å². The molecule has 0 saturated heterocycles. The van der Waals surface area contributed by atoms with Crippen LogP contribution in [0.4, 0.5) is 14.5 Å². The molecule has 1 saturated carbocycles. The lowest BCUT2D eigenvalue weighted by Gasteiger charge is -2.10. The number of nitrogen functional groups attached to an aromatic ring is 1. The number of anilines is 1. The van der Waals surface area contributed by atoms with E-state index in [4.69, 9.17) is 5.73 Å². The number of rotatable bonds is 3. The Morgan fingerprint density at radius 2 is 2.44 bits per heavy atom. The van der Waals surface area contributed by atoms with Gasteiger partial charge in [0.2, 0.25) is 5.92 Å². The lowest BCUT2D eigenvalue weighted by molar-refractivity contribution is 0.00419. The van der Waals surface area contributed by atoms with Crippen molar-refractivity contribution in [3.8, 4) is 0 Å². The highest BCUT2D eigenvalue weighted by atomic mass is 19.3.